The van der Waals surface area contributed by atoms with Crippen LogP contribution in [0.2, 0.25) is 0 Å². The van der Waals surface area contributed by atoms with Gasteiger partial charge in [-0.2, -0.15) is 5.10 Å². The van der Waals surface area contributed by atoms with Gasteiger partial charge >= 0.3 is 0 Å². The number of rotatable bonds is 12. The van der Waals surface area contributed by atoms with Crippen molar-refractivity contribution in [1.82, 2.24) is 20.0 Å². The third kappa shape index (κ3) is 6.38. The Kier molecular flexibility index (Phi) is 8.83. The maximum absolute atomic E-state index is 13.1. The molecule has 5 aromatic rings. The van der Waals surface area contributed by atoms with E-state index in [1.807, 2.05) is 77.6 Å². The normalized spacial score (nSPS) is 10.8. The minimum absolute atomic E-state index is 0.296. The highest BCUT2D eigenvalue weighted by atomic mass is 32.1. The molecule has 3 aromatic carbocycles. The van der Waals surface area contributed by atoms with Crippen molar-refractivity contribution in [3.8, 4) is 39.0 Å². The minimum atomic E-state index is -0.296. The average Bonchev–Trinajstić information content (AvgIpc) is 3.65. The molecule has 0 unspecified atom stereocenters. The van der Waals surface area contributed by atoms with E-state index >= 15 is 0 Å². The smallest absolute Gasteiger partial charge is 0.261 e. The van der Waals surface area contributed by atoms with Crippen LogP contribution in [0.4, 0.5) is 5.13 Å². The number of para-hydroxylation sites is 2. The summed E-state index contributed by atoms with van der Waals surface area (Å²) in [6.07, 6.45) is 4.79. The molecule has 0 fully saturated rings. The second kappa shape index (κ2) is 13.0. The van der Waals surface area contributed by atoms with Gasteiger partial charge in [0.15, 0.2) is 5.01 Å². The van der Waals surface area contributed by atoms with E-state index in [1.54, 1.807) is 12.1 Å². The largest absolute Gasteiger partial charge is 0.494 e. The zero-order valence-electron chi connectivity index (χ0n) is 22.5. The van der Waals surface area contributed by atoms with Gasteiger partial charge in [-0.05, 0) is 49.2 Å². The Bertz CT molecular complexity index is 1560. The quantitative estimate of drug-likeness (QED) is 0.163. The van der Waals surface area contributed by atoms with E-state index < -0.39 is 0 Å². The summed E-state index contributed by atoms with van der Waals surface area (Å²) < 4.78 is 13.5. The van der Waals surface area contributed by atoms with Crippen molar-refractivity contribution in [2.24, 2.45) is 0 Å². The molecule has 40 heavy (non-hydrogen) atoms. The number of nitrogens with one attached hydrogen (secondary N) is 1. The Balaban J connectivity index is 1.45. The Hall–Kier alpha value is -4.50. The van der Waals surface area contributed by atoms with Crippen LogP contribution in [0.15, 0.2) is 85.1 Å². The van der Waals surface area contributed by atoms with Gasteiger partial charge in [0.25, 0.3) is 5.91 Å². The monoisotopic (exact) mass is 553 g/mol. The fraction of sp³-hybridized carbons (Fsp3) is 0.226. The van der Waals surface area contributed by atoms with Crippen LogP contribution in [-0.2, 0) is 0 Å². The van der Waals surface area contributed by atoms with E-state index in [-0.39, 0.29) is 5.91 Å². The lowest BCUT2D eigenvalue weighted by molar-refractivity contribution is 0.102. The summed E-state index contributed by atoms with van der Waals surface area (Å²) in [7, 11) is 0. The number of amides is 1. The highest BCUT2D eigenvalue weighted by molar-refractivity contribution is 7.18. The van der Waals surface area contributed by atoms with E-state index in [0.717, 1.165) is 47.5 Å². The maximum atomic E-state index is 13.1. The van der Waals surface area contributed by atoms with E-state index in [1.165, 1.54) is 11.3 Å². The van der Waals surface area contributed by atoms with Crippen molar-refractivity contribution in [2.75, 3.05) is 18.5 Å². The Morgan fingerprint density at radius 1 is 0.900 bits per heavy atom. The van der Waals surface area contributed by atoms with Crippen molar-refractivity contribution in [3.63, 3.8) is 0 Å². The molecule has 5 rings (SSSR count). The second-order valence-electron chi connectivity index (χ2n) is 9.11. The van der Waals surface area contributed by atoms with Gasteiger partial charge in [-0.3, -0.25) is 10.1 Å². The fourth-order valence-electron chi connectivity index (χ4n) is 4.06. The standard InChI is InChI=1S/C31H31N5O3S/c1-3-5-19-39-27-17-10-9-16-25(27)29(37)32-31-34-33-30(40-31)26-21-36(23-13-7-6-8-14-23)35-28(26)22-12-11-15-24(20-22)38-18-4-2/h6-17,20-21H,3-5,18-19H2,1-2H3,(H,32,34,37). The average molecular weight is 554 g/mol. The summed E-state index contributed by atoms with van der Waals surface area (Å²) in [6.45, 7) is 5.37. The molecule has 0 saturated heterocycles. The molecule has 2 heterocycles. The Morgan fingerprint density at radius 2 is 1.73 bits per heavy atom. The van der Waals surface area contributed by atoms with Crippen molar-refractivity contribution in [2.45, 2.75) is 33.1 Å². The minimum Gasteiger partial charge on any atom is -0.494 e. The summed E-state index contributed by atoms with van der Waals surface area (Å²) in [5.41, 5.74) is 3.83. The summed E-state index contributed by atoms with van der Waals surface area (Å²) in [5.74, 6) is 1.04. The van der Waals surface area contributed by atoms with Gasteiger partial charge in [-0.15, -0.1) is 10.2 Å². The van der Waals surface area contributed by atoms with Crippen LogP contribution in [0.5, 0.6) is 11.5 Å². The summed E-state index contributed by atoms with van der Waals surface area (Å²) in [4.78, 5) is 13.1. The summed E-state index contributed by atoms with van der Waals surface area (Å²) >= 11 is 1.29. The molecule has 204 valence electrons. The molecule has 1 N–H and O–H groups in total. The van der Waals surface area contributed by atoms with Crippen molar-refractivity contribution in [1.29, 1.82) is 0 Å². The molecule has 9 heteroatoms. The van der Waals surface area contributed by atoms with Gasteiger partial charge in [0.1, 0.15) is 17.2 Å². The number of anilines is 1. The van der Waals surface area contributed by atoms with Crippen LogP contribution < -0.4 is 14.8 Å². The molecule has 8 nitrogen and oxygen atoms in total. The summed E-state index contributed by atoms with van der Waals surface area (Å²) in [5, 5.41) is 17.5. The second-order valence-corrected chi connectivity index (χ2v) is 10.1. The molecule has 0 spiro atoms. The number of carbonyl (C=O) groups is 1. The molecule has 1 amide bonds. The molecular weight excluding hydrogens is 522 g/mol. The van der Waals surface area contributed by atoms with Crippen LogP contribution >= 0.6 is 11.3 Å². The first-order chi connectivity index (χ1) is 19.7. The van der Waals surface area contributed by atoms with Gasteiger partial charge in [0.05, 0.1) is 30.0 Å². The number of ether oxygens (including phenoxy) is 2. The van der Waals surface area contributed by atoms with Crippen molar-refractivity contribution >= 4 is 22.4 Å². The van der Waals surface area contributed by atoms with Gasteiger partial charge in [-0.1, -0.05) is 74.1 Å². The molecule has 2 aromatic heterocycles. The highest BCUT2D eigenvalue weighted by Crippen LogP contribution is 2.36. The van der Waals surface area contributed by atoms with Gasteiger partial charge in [-0.25, -0.2) is 4.68 Å². The van der Waals surface area contributed by atoms with Gasteiger partial charge in [0, 0.05) is 11.8 Å². The number of nitrogens with zero attached hydrogens (tertiary/aromatic N) is 4. The molecule has 0 saturated carbocycles. The highest BCUT2D eigenvalue weighted by Gasteiger charge is 2.20. The number of hydrogen-bond acceptors (Lipinski definition) is 7. The zero-order chi connectivity index (χ0) is 27.7. The number of aromatic nitrogens is 4. The Morgan fingerprint density at radius 3 is 2.55 bits per heavy atom. The first-order valence-electron chi connectivity index (χ1n) is 13.4. The fourth-order valence-corrected chi connectivity index (χ4v) is 4.81. The van der Waals surface area contributed by atoms with Crippen LogP contribution in [0.1, 0.15) is 43.5 Å². The summed E-state index contributed by atoms with van der Waals surface area (Å²) in [6, 6.07) is 25.0. The molecule has 0 aliphatic carbocycles. The van der Waals surface area contributed by atoms with Crippen LogP contribution in [-0.4, -0.2) is 39.1 Å². The van der Waals surface area contributed by atoms with Crippen molar-refractivity contribution in [3.05, 3.63) is 90.6 Å². The molecule has 0 radical (unpaired) electrons. The first-order valence-corrected chi connectivity index (χ1v) is 14.2. The third-order valence-corrected chi connectivity index (χ3v) is 6.95. The lowest BCUT2D eigenvalue weighted by atomic mass is 10.1. The first kappa shape index (κ1) is 27.1. The molecule has 0 aliphatic heterocycles. The lowest BCUT2D eigenvalue weighted by Crippen LogP contribution is -2.13. The topological polar surface area (TPSA) is 91.2 Å². The number of unbranched alkanes of at least 4 members (excludes halogenated alkanes) is 1. The predicted octanol–water partition coefficient (Wildman–Crippen LogP) is 7.28. The van der Waals surface area contributed by atoms with Crippen LogP contribution in [0.3, 0.4) is 0 Å². The van der Waals surface area contributed by atoms with Gasteiger partial charge < -0.3 is 9.47 Å². The molecule has 0 atom stereocenters. The molecule has 0 bridgehead atoms. The third-order valence-electron chi connectivity index (χ3n) is 6.08. The van der Waals surface area contributed by atoms with E-state index in [9.17, 15) is 4.79 Å². The zero-order valence-corrected chi connectivity index (χ0v) is 23.4. The van der Waals surface area contributed by atoms with Crippen LogP contribution in [0, 0.1) is 0 Å². The van der Waals surface area contributed by atoms with Gasteiger partial charge in [0.2, 0.25) is 5.13 Å². The molecule has 0 aliphatic rings. The number of benzene rings is 3. The van der Waals surface area contributed by atoms with Crippen molar-refractivity contribution < 1.29 is 14.3 Å². The lowest BCUT2D eigenvalue weighted by Gasteiger charge is -2.10. The molecular formula is C31H31N5O3S. The number of hydrogen-bond donors (Lipinski definition) is 1. The Labute approximate surface area is 237 Å². The predicted molar refractivity (Wildman–Crippen MR) is 158 cm³/mol. The SMILES string of the molecule is CCCCOc1ccccc1C(=O)Nc1nnc(-c2cn(-c3ccccc3)nc2-c2cccc(OCCC)c2)s1. The van der Waals surface area contributed by atoms with E-state index in [4.69, 9.17) is 14.6 Å². The van der Waals surface area contributed by atoms with E-state index in [0.29, 0.717) is 34.7 Å². The maximum Gasteiger partial charge on any atom is 0.261 e. The number of carbonyl (C=O) groups excluding carboxylic acids is 1. The van der Waals surface area contributed by atoms with E-state index in [2.05, 4.69) is 29.4 Å². The van der Waals surface area contributed by atoms with Crippen LogP contribution in [0.25, 0.3) is 27.5 Å².